The standard InChI is InChI=1S/C16H21NO.C2H2O4/c1-2-3-10-17-11-12-18-16-9-8-14-6-4-5-7-15(14)13-16;3-1(4)2(5)6/h4-9,13,17H,2-3,10-12H2,1H3;(H,3,4)(H,5,6). The highest BCUT2D eigenvalue weighted by atomic mass is 16.5. The van der Waals surface area contributed by atoms with Gasteiger partial charge in [0.25, 0.3) is 0 Å². The molecule has 0 aromatic heterocycles. The Labute approximate surface area is 141 Å². The second-order valence-corrected chi connectivity index (χ2v) is 5.07. The molecule has 0 bridgehead atoms. The summed E-state index contributed by atoms with van der Waals surface area (Å²) in [6, 6.07) is 14.6. The van der Waals surface area contributed by atoms with Crippen molar-refractivity contribution >= 4 is 22.7 Å². The first-order valence-electron chi connectivity index (χ1n) is 7.83. The molecule has 130 valence electrons. The Kier molecular flexibility index (Phi) is 8.93. The predicted molar refractivity (Wildman–Crippen MR) is 92.5 cm³/mol. The molecule has 2 aromatic carbocycles. The van der Waals surface area contributed by atoms with Gasteiger partial charge in [-0.05, 0) is 35.9 Å². The minimum absolute atomic E-state index is 0.724. The molecule has 6 heteroatoms. The van der Waals surface area contributed by atoms with E-state index in [4.69, 9.17) is 24.5 Å². The minimum atomic E-state index is -1.82. The number of hydrogen-bond acceptors (Lipinski definition) is 4. The fourth-order valence-corrected chi connectivity index (χ4v) is 1.93. The number of unbranched alkanes of at least 4 members (excludes halogenated alkanes) is 1. The molecule has 2 rings (SSSR count). The highest BCUT2D eigenvalue weighted by Gasteiger charge is 2.04. The molecule has 0 amide bonds. The third kappa shape index (κ3) is 7.60. The fourth-order valence-electron chi connectivity index (χ4n) is 1.93. The number of aliphatic carboxylic acids is 2. The Bertz CT molecular complexity index is 645. The molecule has 3 N–H and O–H groups in total. The van der Waals surface area contributed by atoms with Gasteiger partial charge in [0, 0.05) is 6.54 Å². The zero-order valence-electron chi connectivity index (χ0n) is 13.7. The highest BCUT2D eigenvalue weighted by molar-refractivity contribution is 6.27. The number of ether oxygens (including phenoxy) is 1. The van der Waals surface area contributed by atoms with Crippen molar-refractivity contribution in [1.82, 2.24) is 5.32 Å². The Morgan fingerprint density at radius 2 is 1.67 bits per heavy atom. The van der Waals surface area contributed by atoms with E-state index >= 15 is 0 Å². The molecule has 0 spiro atoms. The quantitative estimate of drug-likeness (QED) is 0.533. The molecule has 24 heavy (non-hydrogen) atoms. The van der Waals surface area contributed by atoms with Gasteiger partial charge in [-0.2, -0.15) is 0 Å². The van der Waals surface area contributed by atoms with Gasteiger partial charge in [0.1, 0.15) is 12.4 Å². The van der Waals surface area contributed by atoms with Gasteiger partial charge in [0.15, 0.2) is 0 Å². The van der Waals surface area contributed by atoms with Crippen LogP contribution in [0.25, 0.3) is 10.8 Å². The smallest absolute Gasteiger partial charge is 0.414 e. The van der Waals surface area contributed by atoms with Gasteiger partial charge >= 0.3 is 11.9 Å². The third-order valence-electron chi connectivity index (χ3n) is 3.16. The Balaban J connectivity index is 0.000000413. The molecule has 0 heterocycles. The Morgan fingerprint density at radius 3 is 2.29 bits per heavy atom. The van der Waals surface area contributed by atoms with Gasteiger partial charge < -0.3 is 20.3 Å². The summed E-state index contributed by atoms with van der Waals surface area (Å²) in [5, 5.41) is 20.6. The summed E-state index contributed by atoms with van der Waals surface area (Å²) in [5.74, 6) is -2.70. The SMILES string of the molecule is CCCCNCCOc1ccc2ccccc2c1.O=C(O)C(=O)O. The van der Waals surface area contributed by atoms with Crippen molar-refractivity contribution < 1.29 is 24.5 Å². The van der Waals surface area contributed by atoms with E-state index in [1.807, 2.05) is 6.07 Å². The fraction of sp³-hybridized carbons (Fsp3) is 0.333. The largest absolute Gasteiger partial charge is 0.492 e. The normalized spacial score (nSPS) is 9.88. The maximum Gasteiger partial charge on any atom is 0.414 e. The average molecular weight is 333 g/mol. The van der Waals surface area contributed by atoms with Crippen LogP contribution in [0.15, 0.2) is 42.5 Å². The lowest BCUT2D eigenvalue weighted by molar-refractivity contribution is -0.159. The number of benzene rings is 2. The van der Waals surface area contributed by atoms with E-state index < -0.39 is 11.9 Å². The molecule has 0 fully saturated rings. The molecule has 0 unspecified atom stereocenters. The second-order valence-electron chi connectivity index (χ2n) is 5.07. The molecule has 0 saturated carbocycles. The first kappa shape index (κ1) is 19.4. The van der Waals surface area contributed by atoms with Crippen LogP contribution >= 0.6 is 0 Å². The van der Waals surface area contributed by atoms with Crippen molar-refractivity contribution in [1.29, 1.82) is 0 Å². The van der Waals surface area contributed by atoms with Crippen LogP contribution in [-0.2, 0) is 9.59 Å². The number of fused-ring (bicyclic) bond motifs is 1. The number of nitrogens with one attached hydrogen (secondary N) is 1. The number of carboxylic acids is 2. The summed E-state index contributed by atoms with van der Waals surface area (Å²) in [5.41, 5.74) is 0. The summed E-state index contributed by atoms with van der Waals surface area (Å²) < 4.78 is 5.73. The maximum absolute atomic E-state index is 9.10. The molecule has 0 aliphatic rings. The Morgan fingerprint density at radius 1 is 1.00 bits per heavy atom. The van der Waals surface area contributed by atoms with E-state index in [1.54, 1.807) is 0 Å². The van der Waals surface area contributed by atoms with Crippen LogP contribution in [0.5, 0.6) is 5.75 Å². The zero-order chi connectivity index (χ0) is 17.8. The Hall–Kier alpha value is -2.60. The minimum Gasteiger partial charge on any atom is -0.492 e. The van der Waals surface area contributed by atoms with Crippen LogP contribution in [0.3, 0.4) is 0 Å². The van der Waals surface area contributed by atoms with E-state index in [1.165, 1.54) is 23.6 Å². The van der Waals surface area contributed by atoms with E-state index in [0.717, 1.165) is 25.4 Å². The van der Waals surface area contributed by atoms with Crippen molar-refractivity contribution in [2.24, 2.45) is 0 Å². The summed E-state index contributed by atoms with van der Waals surface area (Å²) >= 11 is 0. The first-order chi connectivity index (χ1) is 11.5. The van der Waals surface area contributed by atoms with Crippen molar-refractivity contribution in [2.45, 2.75) is 19.8 Å². The van der Waals surface area contributed by atoms with E-state index in [2.05, 4.69) is 48.6 Å². The van der Waals surface area contributed by atoms with Crippen LogP contribution in [0.1, 0.15) is 19.8 Å². The average Bonchev–Trinajstić information content (AvgIpc) is 2.58. The molecule has 0 aliphatic carbocycles. The molecule has 0 saturated heterocycles. The lowest BCUT2D eigenvalue weighted by Gasteiger charge is -2.08. The van der Waals surface area contributed by atoms with Crippen molar-refractivity contribution in [3.8, 4) is 5.75 Å². The first-order valence-corrected chi connectivity index (χ1v) is 7.83. The van der Waals surface area contributed by atoms with Crippen LogP contribution in [0.2, 0.25) is 0 Å². The maximum atomic E-state index is 9.10. The lowest BCUT2D eigenvalue weighted by atomic mass is 10.1. The van der Waals surface area contributed by atoms with Gasteiger partial charge in [0.2, 0.25) is 0 Å². The van der Waals surface area contributed by atoms with Crippen LogP contribution in [0, 0.1) is 0 Å². The summed E-state index contributed by atoms with van der Waals surface area (Å²) in [6.45, 7) is 4.92. The van der Waals surface area contributed by atoms with Crippen LogP contribution < -0.4 is 10.1 Å². The lowest BCUT2D eigenvalue weighted by Crippen LogP contribution is -2.21. The van der Waals surface area contributed by atoms with E-state index in [0.29, 0.717) is 0 Å². The van der Waals surface area contributed by atoms with Crippen molar-refractivity contribution in [3.63, 3.8) is 0 Å². The number of carboxylic acid groups (broad SMARTS) is 2. The number of hydrogen-bond donors (Lipinski definition) is 3. The summed E-state index contributed by atoms with van der Waals surface area (Å²) in [4.78, 5) is 18.2. The zero-order valence-corrected chi connectivity index (χ0v) is 13.7. The monoisotopic (exact) mass is 333 g/mol. The van der Waals surface area contributed by atoms with E-state index in [9.17, 15) is 0 Å². The van der Waals surface area contributed by atoms with E-state index in [-0.39, 0.29) is 0 Å². The highest BCUT2D eigenvalue weighted by Crippen LogP contribution is 2.20. The topological polar surface area (TPSA) is 95.9 Å². The summed E-state index contributed by atoms with van der Waals surface area (Å²) in [6.07, 6.45) is 2.47. The summed E-state index contributed by atoms with van der Waals surface area (Å²) in [7, 11) is 0. The van der Waals surface area contributed by atoms with Crippen molar-refractivity contribution in [3.05, 3.63) is 42.5 Å². The van der Waals surface area contributed by atoms with Gasteiger partial charge in [0.05, 0.1) is 0 Å². The molecular formula is C18H23NO5. The predicted octanol–water partition coefficient (Wildman–Crippen LogP) is 2.76. The van der Waals surface area contributed by atoms with Gasteiger partial charge in [-0.15, -0.1) is 0 Å². The van der Waals surface area contributed by atoms with Crippen LogP contribution in [0.4, 0.5) is 0 Å². The molecule has 0 aliphatic heterocycles. The molecule has 2 aromatic rings. The van der Waals surface area contributed by atoms with Gasteiger partial charge in [-0.25, -0.2) is 9.59 Å². The third-order valence-corrected chi connectivity index (χ3v) is 3.16. The van der Waals surface area contributed by atoms with Crippen molar-refractivity contribution in [2.75, 3.05) is 19.7 Å². The molecule has 0 radical (unpaired) electrons. The second kappa shape index (κ2) is 11.0. The molecule has 0 atom stereocenters. The van der Waals surface area contributed by atoms with Crippen LogP contribution in [-0.4, -0.2) is 41.8 Å². The van der Waals surface area contributed by atoms with Gasteiger partial charge in [-0.3, -0.25) is 0 Å². The number of carbonyl (C=O) groups is 2. The molecular weight excluding hydrogens is 310 g/mol. The number of rotatable bonds is 7. The molecule has 6 nitrogen and oxygen atoms in total. The van der Waals surface area contributed by atoms with Gasteiger partial charge in [-0.1, -0.05) is 43.7 Å².